The van der Waals surface area contributed by atoms with Crippen molar-refractivity contribution < 1.29 is 26.7 Å². The molecule has 0 unspecified atom stereocenters. The second-order valence-corrected chi connectivity index (χ2v) is 11.6. The topological polar surface area (TPSA) is 72.0 Å². The first-order valence-corrected chi connectivity index (χ1v) is 13.8. The third kappa shape index (κ3) is 4.68. The maximum atomic E-state index is 14.6. The zero-order valence-electron chi connectivity index (χ0n) is 18.0. The largest absolute Gasteiger partial charge is 0.497 e. The first kappa shape index (κ1) is 25.3. The molecule has 1 aromatic heterocycles. The van der Waals surface area contributed by atoms with Gasteiger partial charge in [0, 0.05) is 43.2 Å². The van der Waals surface area contributed by atoms with Crippen LogP contribution in [0.2, 0.25) is 0 Å². The highest BCUT2D eigenvalue weighted by atomic mass is 79.9. The molecule has 1 aliphatic heterocycles. The van der Waals surface area contributed by atoms with Crippen LogP contribution in [0, 0.1) is 11.6 Å². The SMILES string of the molecule is COc1ccc(-c2csc(N3CCN(S(=O)(=O)c4c(F)c(Br)cc(F)c4Br)CC3)n2)c(OC)c1. The van der Waals surface area contributed by atoms with Crippen LogP contribution >= 0.6 is 43.2 Å². The molecular formula is C21H19Br2F2N3O4S2. The minimum atomic E-state index is -4.26. The maximum absolute atomic E-state index is 14.6. The molecule has 34 heavy (non-hydrogen) atoms. The van der Waals surface area contributed by atoms with Gasteiger partial charge in [0.2, 0.25) is 10.0 Å². The van der Waals surface area contributed by atoms with Crippen molar-refractivity contribution in [2.75, 3.05) is 45.3 Å². The molecular weight excluding hydrogens is 620 g/mol. The Bertz CT molecular complexity index is 1300. The van der Waals surface area contributed by atoms with Gasteiger partial charge in [0.05, 0.1) is 28.9 Å². The number of ether oxygens (including phenoxy) is 2. The van der Waals surface area contributed by atoms with E-state index in [4.69, 9.17) is 14.5 Å². The molecule has 0 N–H and O–H groups in total. The van der Waals surface area contributed by atoms with Gasteiger partial charge in [-0.25, -0.2) is 22.2 Å². The van der Waals surface area contributed by atoms with Gasteiger partial charge in [-0.1, -0.05) is 0 Å². The van der Waals surface area contributed by atoms with Gasteiger partial charge in [0.1, 0.15) is 22.2 Å². The lowest BCUT2D eigenvalue weighted by Crippen LogP contribution is -2.48. The van der Waals surface area contributed by atoms with E-state index in [1.54, 1.807) is 20.3 Å². The normalized spacial score (nSPS) is 14.9. The fourth-order valence-electron chi connectivity index (χ4n) is 3.57. The molecule has 1 fully saturated rings. The van der Waals surface area contributed by atoms with Gasteiger partial charge in [-0.2, -0.15) is 4.31 Å². The minimum Gasteiger partial charge on any atom is -0.497 e. The van der Waals surface area contributed by atoms with Crippen molar-refractivity contribution >= 4 is 58.4 Å². The Morgan fingerprint density at radius 1 is 1.06 bits per heavy atom. The summed E-state index contributed by atoms with van der Waals surface area (Å²) >= 11 is 7.19. The molecule has 0 amide bonds. The number of rotatable bonds is 6. The Labute approximate surface area is 216 Å². The highest BCUT2D eigenvalue weighted by Gasteiger charge is 2.35. The lowest BCUT2D eigenvalue weighted by molar-refractivity contribution is 0.381. The molecule has 0 saturated carbocycles. The van der Waals surface area contributed by atoms with Gasteiger partial charge < -0.3 is 14.4 Å². The van der Waals surface area contributed by atoms with Crippen molar-refractivity contribution in [1.29, 1.82) is 0 Å². The Hall–Kier alpha value is -1.80. The quantitative estimate of drug-likeness (QED) is 0.348. The van der Waals surface area contributed by atoms with E-state index in [-0.39, 0.29) is 17.6 Å². The zero-order chi connectivity index (χ0) is 24.6. The van der Waals surface area contributed by atoms with E-state index < -0.39 is 31.0 Å². The highest BCUT2D eigenvalue weighted by molar-refractivity contribution is 9.11. The van der Waals surface area contributed by atoms with Gasteiger partial charge in [0.15, 0.2) is 10.9 Å². The Morgan fingerprint density at radius 2 is 1.76 bits per heavy atom. The molecule has 3 aromatic rings. The smallest absolute Gasteiger partial charge is 0.247 e. The monoisotopic (exact) mass is 637 g/mol. The number of hydrogen-bond acceptors (Lipinski definition) is 7. The van der Waals surface area contributed by atoms with Gasteiger partial charge in [-0.15, -0.1) is 11.3 Å². The maximum Gasteiger partial charge on any atom is 0.247 e. The number of halogens is 4. The van der Waals surface area contributed by atoms with Crippen molar-refractivity contribution in [3.8, 4) is 22.8 Å². The van der Waals surface area contributed by atoms with Crippen LogP contribution in [0.3, 0.4) is 0 Å². The molecule has 2 aromatic carbocycles. The summed E-state index contributed by atoms with van der Waals surface area (Å²) in [6, 6.07) is 6.35. The van der Waals surface area contributed by atoms with Gasteiger partial charge in [-0.3, -0.25) is 0 Å². The summed E-state index contributed by atoms with van der Waals surface area (Å²) < 4.78 is 66.1. The second-order valence-electron chi connectivity index (χ2n) is 7.27. The molecule has 4 rings (SSSR count). The first-order chi connectivity index (χ1) is 16.2. The van der Waals surface area contributed by atoms with Crippen molar-refractivity contribution in [1.82, 2.24) is 9.29 Å². The van der Waals surface area contributed by atoms with Crippen molar-refractivity contribution in [2.45, 2.75) is 4.90 Å². The van der Waals surface area contributed by atoms with E-state index in [1.807, 2.05) is 22.4 Å². The molecule has 1 saturated heterocycles. The summed E-state index contributed by atoms with van der Waals surface area (Å²) in [6.07, 6.45) is 0. The predicted octanol–water partition coefficient (Wildman–Crippen LogP) is 5.14. The van der Waals surface area contributed by atoms with Crippen LogP contribution in [0.1, 0.15) is 0 Å². The second kappa shape index (κ2) is 10.1. The number of methoxy groups -OCH3 is 2. The summed E-state index contributed by atoms with van der Waals surface area (Å²) in [6.45, 7) is 0.898. The van der Waals surface area contributed by atoms with Crippen LogP contribution in [0.4, 0.5) is 13.9 Å². The lowest BCUT2D eigenvalue weighted by atomic mass is 10.1. The van der Waals surface area contributed by atoms with Gasteiger partial charge in [-0.05, 0) is 50.1 Å². The molecule has 0 spiro atoms. The summed E-state index contributed by atoms with van der Waals surface area (Å²) in [5.74, 6) is -0.605. The summed E-state index contributed by atoms with van der Waals surface area (Å²) in [4.78, 5) is 5.95. The number of nitrogens with zero attached hydrogens (tertiary/aromatic N) is 3. The number of aromatic nitrogens is 1. The fourth-order valence-corrected chi connectivity index (χ4v) is 7.44. The molecule has 0 radical (unpaired) electrons. The predicted molar refractivity (Wildman–Crippen MR) is 133 cm³/mol. The van der Waals surface area contributed by atoms with Crippen LogP contribution in [-0.4, -0.2) is 58.1 Å². The van der Waals surface area contributed by atoms with Crippen molar-refractivity contribution in [2.24, 2.45) is 0 Å². The molecule has 7 nitrogen and oxygen atoms in total. The van der Waals surface area contributed by atoms with E-state index in [0.717, 1.165) is 26.8 Å². The number of sulfonamides is 1. The fraction of sp³-hybridized carbons (Fsp3) is 0.286. The molecule has 0 bridgehead atoms. The molecule has 182 valence electrons. The first-order valence-electron chi connectivity index (χ1n) is 9.93. The van der Waals surface area contributed by atoms with Crippen LogP contribution in [0.15, 0.2) is 43.5 Å². The third-order valence-corrected chi connectivity index (χ3v) is 9.82. The third-order valence-electron chi connectivity index (χ3n) is 5.36. The molecule has 1 aliphatic rings. The van der Waals surface area contributed by atoms with Crippen molar-refractivity contribution in [3.63, 3.8) is 0 Å². The van der Waals surface area contributed by atoms with Crippen LogP contribution in [0.5, 0.6) is 11.5 Å². The van der Waals surface area contributed by atoms with E-state index in [1.165, 1.54) is 11.3 Å². The zero-order valence-corrected chi connectivity index (χ0v) is 22.8. The summed E-state index contributed by atoms with van der Waals surface area (Å²) in [7, 11) is -1.11. The number of thiazole rings is 1. The van der Waals surface area contributed by atoms with Crippen LogP contribution in [0.25, 0.3) is 11.3 Å². The van der Waals surface area contributed by atoms with Gasteiger partial charge in [0.25, 0.3) is 0 Å². The summed E-state index contributed by atoms with van der Waals surface area (Å²) in [5.41, 5.74) is 1.54. The van der Waals surface area contributed by atoms with Crippen LogP contribution < -0.4 is 14.4 Å². The molecule has 13 heteroatoms. The number of hydrogen-bond donors (Lipinski definition) is 0. The average molecular weight is 639 g/mol. The Morgan fingerprint density at radius 3 is 2.41 bits per heavy atom. The number of benzene rings is 2. The Kier molecular flexibility index (Phi) is 7.48. The average Bonchev–Trinajstić information content (AvgIpc) is 3.32. The van der Waals surface area contributed by atoms with E-state index in [9.17, 15) is 17.2 Å². The van der Waals surface area contributed by atoms with E-state index >= 15 is 0 Å². The highest BCUT2D eigenvalue weighted by Crippen LogP contribution is 2.37. The minimum absolute atomic E-state index is 0.100. The van der Waals surface area contributed by atoms with Crippen molar-refractivity contribution in [3.05, 3.63) is 50.2 Å². The standard InChI is InChI=1S/C21H19Br2F2N3O4S2/c1-31-12-3-4-13(17(9-12)32-2)16-11-33-21(26-16)27-5-7-28(8-6-27)34(29,30)20-18(23)15(24)10-14(22)19(20)25/h3-4,9-11H,5-8H2,1-2H3. The lowest BCUT2D eigenvalue weighted by Gasteiger charge is -2.34. The molecule has 0 atom stereocenters. The molecule has 2 heterocycles. The molecule has 0 aliphatic carbocycles. The number of anilines is 1. The number of piperazine rings is 1. The summed E-state index contributed by atoms with van der Waals surface area (Å²) in [5, 5.41) is 2.63. The Balaban J connectivity index is 1.52. The van der Waals surface area contributed by atoms with Crippen LogP contribution in [-0.2, 0) is 10.0 Å². The van der Waals surface area contributed by atoms with E-state index in [2.05, 4.69) is 31.9 Å². The van der Waals surface area contributed by atoms with E-state index in [0.29, 0.717) is 24.6 Å². The van der Waals surface area contributed by atoms with Gasteiger partial charge >= 0.3 is 0 Å².